The molecule has 2 N–H and O–H groups in total. The van der Waals surface area contributed by atoms with Crippen molar-refractivity contribution in [2.45, 2.75) is 31.7 Å². The van der Waals surface area contributed by atoms with Crippen molar-refractivity contribution in [1.82, 2.24) is 15.1 Å². The Hall–Kier alpha value is -2.83. The average molecular weight is 343 g/mol. The minimum Gasteiger partial charge on any atom is -0.481 e. The van der Waals surface area contributed by atoms with Gasteiger partial charge in [-0.3, -0.25) is 14.3 Å². The number of carboxylic acids is 1. The molecular formula is C18H21N3O4. The summed E-state index contributed by atoms with van der Waals surface area (Å²) in [7, 11) is 1.79. The summed E-state index contributed by atoms with van der Waals surface area (Å²) in [5, 5.41) is 16.1. The third-order valence-electron chi connectivity index (χ3n) is 4.45. The predicted octanol–water partition coefficient (Wildman–Crippen LogP) is 2.59. The Morgan fingerprint density at radius 2 is 1.96 bits per heavy atom. The molecule has 2 aromatic rings. The fourth-order valence-corrected chi connectivity index (χ4v) is 3.07. The normalized spacial score (nSPS) is 20.0. The Labute approximate surface area is 145 Å². The van der Waals surface area contributed by atoms with E-state index in [9.17, 15) is 9.59 Å². The van der Waals surface area contributed by atoms with Crippen LogP contribution in [-0.4, -0.2) is 32.8 Å². The van der Waals surface area contributed by atoms with Gasteiger partial charge < -0.3 is 15.2 Å². The van der Waals surface area contributed by atoms with E-state index >= 15 is 0 Å². The van der Waals surface area contributed by atoms with Gasteiger partial charge in [0.05, 0.1) is 23.9 Å². The zero-order valence-corrected chi connectivity index (χ0v) is 14.0. The summed E-state index contributed by atoms with van der Waals surface area (Å²) < 4.78 is 7.39. The smallest absolute Gasteiger partial charge is 0.306 e. The first-order chi connectivity index (χ1) is 12.0. The molecule has 0 unspecified atom stereocenters. The molecule has 0 radical (unpaired) electrons. The lowest BCUT2D eigenvalue weighted by molar-refractivity contribution is -0.142. The van der Waals surface area contributed by atoms with E-state index in [1.54, 1.807) is 48.4 Å². The highest BCUT2D eigenvalue weighted by Crippen LogP contribution is 2.27. The molecule has 1 aromatic carbocycles. The molecule has 132 valence electrons. The summed E-state index contributed by atoms with van der Waals surface area (Å²) >= 11 is 0. The Morgan fingerprint density at radius 1 is 1.24 bits per heavy atom. The first kappa shape index (κ1) is 17.0. The van der Waals surface area contributed by atoms with E-state index in [2.05, 4.69) is 10.4 Å². The van der Waals surface area contributed by atoms with Gasteiger partial charge in [0.1, 0.15) is 5.75 Å². The highest BCUT2D eigenvalue weighted by molar-refractivity contribution is 5.97. The topological polar surface area (TPSA) is 93.5 Å². The largest absolute Gasteiger partial charge is 0.481 e. The van der Waals surface area contributed by atoms with Crippen LogP contribution >= 0.6 is 0 Å². The quantitative estimate of drug-likeness (QED) is 0.870. The van der Waals surface area contributed by atoms with Gasteiger partial charge in [0.25, 0.3) is 5.91 Å². The van der Waals surface area contributed by atoms with Crippen molar-refractivity contribution < 1.29 is 19.4 Å². The Morgan fingerprint density at radius 3 is 2.60 bits per heavy atom. The lowest BCUT2D eigenvalue weighted by atomic mass is 9.86. The van der Waals surface area contributed by atoms with Crippen molar-refractivity contribution >= 4 is 11.9 Å². The molecule has 7 heteroatoms. The summed E-state index contributed by atoms with van der Waals surface area (Å²) in [5.74, 6) is -0.232. The summed E-state index contributed by atoms with van der Waals surface area (Å²) in [6, 6.07) is 7.04. The summed E-state index contributed by atoms with van der Waals surface area (Å²) in [6.45, 7) is 0. The van der Waals surface area contributed by atoms with Crippen LogP contribution in [0.15, 0.2) is 36.7 Å². The van der Waals surface area contributed by atoms with Gasteiger partial charge in [-0.1, -0.05) is 12.1 Å². The number of rotatable bonds is 5. The maximum Gasteiger partial charge on any atom is 0.306 e. The average Bonchev–Trinajstić information content (AvgIpc) is 3.00. The van der Waals surface area contributed by atoms with Crippen LogP contribution in [0.5, 0.6) is 11.5 Å². The molecule has 1 aliphatic carbocycles. The van der Waals surface area contributed by atoms with Crippen molar-refractivity contribution in [3.63, 3.8) is 0 Å². The number of nitrogens with zero attached hydrogens (tertiary/aromatic N) is 2. The first-order valence-electron chi connectivity index (χ1n) is 8.32. The summed E-state index contributed by atoms with van der Waals surface area (Å²) in [6.07, 6.45) is 5.84. The zero-order valence-electron chi connectivity index (χ0n) is 14.0. The second-order valence-electron chi connectivity index (χ2n) is 6.31. The molecule has 1 amide bonds. The van der Waals surface area contributed by atoms with Crippen LogP contribution < -0.4 is 10.1 Å². The molecule has 0 aliphatic heterocycles. The highest BCUT2D eigenvalue weighted by Gasteiger charge is 2.27. The number of aromatic nitrogens is 2. The van der Waals surface area contributed by atoms with E-state index in [0.717, 1.165) is 0 Å². The molecule has 25 heavy (non-hydrogen) atoms. The molecular weight excluding hydrogens is 322 g/mol. The number of carboxylic acid groups (broad SMARTS) is 1. The number of aliphatic carboxylic acids is 1. The van der Waals surface area contributed by atoms with Gasteiger partial charge in [0.2, 0.25) is 0 Å². The van der Waals surface area contributed by atoms with Crippen molar-refractivity contribution in [2.24, 2.45) is 13.0 Å². The molecule has 3 rings (SSSR count). The number of para-hydroxylation sites is 1. The number of nitrogens with one attached hydrogen (secondary N) is 1. The number of aryl methyl sites for hydroxylation is 1. The van der Waals surface area contributed by atoms with Crippen LogP contribution in [0.25, 0.3) is 0 Å². The summed E-state index contributed by atoms with van der Waals surface area (Å²) in [5.41, 5.74) is 0.451. The van der Waals surface area contributed by atoms with E-state index in [1.807, 2.05) is 0 Å². The zero-order chi connectivity index (χ0) is 17.8. The molecule has 0 spiro atoms. The van der Waals surface area contributed by atoms with E-state index in [0.29, 0.717) is 42.7 Å². The minimum atomic E-state index is -0.750. The highest BCUT2D eigenvalue weighted by atomic mass is 16.5. The molecule has 1 aromatic heterocycles. The number of carbonyl (C=O) groups is 2. The maximum atomic E-state index is 12.6. The van der Waals surface area contributed by atoms with Crippen molar-refractivity contribution in [3.05, 3.63) is 42.2 Å². The monoisotopic (exact) mass is 343 g/mol. The van der Waals surface area contributed by atoms with Crippen molar-refractivity contribution in [1.29, 1.82) is 0 Å². The summed E-state index contributed by atoms with van der Waals surface area (Å²) in [4.78, 5) is 23.6. The van der Waals surface area contributed by atoms with E-state index < -0.39 is 5.97 Å². The van der Waals surface area contributed by atoms with Crippen LogP contribution in [0.1, 0.15) is 36.0 Å². The minimum absolute atomic E-state index is 0.00505. The molecule has 1 aliphatic rings. The van der Waals surface area contributed by atoms with E-state index in [1.165, 1.54) is 0 Å². The first-order valence-corrected chi connectivity index (χ1v) is 8.32. The third-order valence-corrected chi connectivity index (χ3v) is 4.45. The van der Waals surface area contributed by atoms with Crippen LogP contribution in [0.2, 0.25) is 0 Å². The Kier molecular flexibility index (Phi) is 5.02. The van der Waals surface area contributed by atoms with E-state index in [4.69, 9.17) is 9.84 Å². The van der Waals surface area contributed by atoms with Crippen LogP contribution in [0.3, 0.4) is 0 Å². The molecule has 0 bridgehead atoms. The SMILES string of the molecule is Cn1cc(Oc2ccccc2C(=O)NC2CCC(C(=O)O)CC2)cn1. The number of hydrogen-bond acceptors (Lipinski definition) is 4. The van der Waals surface area contributed by atoms with Gasteiger partial charge in [0, 0.05) is 13.1 Å². The van der Waals surface area contributed by atoms with Crippen LogP contribution in [0, 0.1) is 5.92 Å². The lowest BCUT2D eigenvalue weighted by Crippen LogP contribution is -2.38. The lowest BCUT2D eigenvalue weighted by Gasteiger charge is -2.27. The molecule has 0 saturated heterocycles. The predicted molar refractivity (Wildman–Crippen MR) is 90.6 cm³/mol. The van der Waals surface area contributed by atoms with Gasteiger partial charge in [-0.2, -0.15) is 5.10 Å². The number of benzene rings is 1. The standard InChI is InChI=1S/C18H21N3O4/c1-21-11-14(10-19-21)25-16-5-3-2-4-15(16)17(22)20-13-8-6-12(7-9-13)18(23)24/h2-5,10-13H,6-9H2,1H3,(H,20,22)(H,23,24). The van der Waals surface area contributed by atoms with Gasteiger partial charge in [-0.25, -0.2) is 0 Å². The maximum absolute atomic E-state index is 12.6. The van der Waals surface area contributed by atoms with Crippen molar-refractivity contribution in [2.75, 3.05) is 0 Å². The van der Waals surface area contributed by atoms with Gasteiger partial charge >= 0.3 is 5.97 Å². The fourth-order valence-electron chi connectivity index (χ4n) is 3.07. The number of ether oxygens (including phenoxy) is 1. The van der Waals surface area contributed by atoms with Crippen molar-refractivity contribution in [3.8, 4) is 11.5 Å². The third kappa shape index (κ3) is 4.17. The Balaban J connectivity index is 1.65. The van der Waals surface area contributed by atoms with Crippen LogP contribution in [0.4, 0.5) is 0 Å². The second-order valence-corrected chi connectivity index (χ2v) is 6.31. The fraction of sp³-hybridized carbons (Fsp3) is 0.389. The molecule has 1 saturated carbocycles. The number of amides is 1. The van der Waals surface area contributed by atoms with Gasteiger partial charge in [-0.15, -0.1) is 0 Å². The van der Waals surface area contributed by atoms with Crippen LogP contribution in [-0.2, 0) is 11.8 Å². The molecule has 1 fully saturated rings. The molecule has 1 heterocycles. The van der Waals surface area contributed by atoms with E-state index in [-0.39, 0.29) is 17.9 Å². The number of hydrogen-bond donors (Lipinski definition) is 2. The molecule has 7 nitrogen and oxygen atoms in total. The molecule has 0 atom stereocenters. The van der Waals surface area contributed by atoms with Gasteiger partial charge in [-0.05, 0) is 37.8 Å². The van der Waals surface area contributed by atoms with Gasteiger partial charge in [0.15, 0.2) is 5.75 Å². The Bertz CT molecular complexity index is 763. The second kappa shape index (κ2) is 7.38. The number of carbonyl (C=O) groups excluding carboxylic acids is 1.